The van der Waals surface area contributed by atoms with Crippen LogP contribution in [0, 0.1) is 0 Å². The highest BCUT2D eigenvalue weighted by atomic mass is 16.7. The zero-order chi connectivity index (χ0) is 12.1. The van der Waals surface area contributed by atoms with Crippen molar-refractivity contribution in [3.05, 3.63) is 42.5 Å². The van der Waals surface area contributed by atoms with Gasteiger partial charge in [-0.3, -0.25) is 0 Å². The van der Waals surface area contributed by atoms with E-state index in [1.165, 1.54) is 0 Å². The summed E-state index contributed by atoms with van der Waals surface area (Å²) < 4.78 is 11.2. The summed E-state index contributed by atoms with van der Waals surface area (Å²) in [5.41, 5.74) is 0. The average molecular weight is 238 g/mol. The SMILES string of the molecule is Oc1ccc2c3c1ccc1cccc(c13)OCO2. The van der Waals surface area contributed by atoms with Gasteiger partial charge in [0.15, 0.2) is 0 Å². The van der Waals surface area contributed by atoms with Crippen LogP contribution in [0.5, 0.6) is 17.2 Å². The molecule has 0 saturated carbocycles. The molecule has 1 aliphatic heterocycles. The number of ether oxygens (including phenoxy) is 2. The predicted octanol–water partition coefficient (Wildman–Crippen LogP) is 3.43. The molecule has 0 unspecified atom stereocenters. The Morgan fingerprint density at radius 1 is 0.833 bits per heavy atom. The van der Waals surface area contributed by atoms with Crippen LogP contribution in [0.15, 0.2) is 42.5 Å². The summed E-state index contributed by atoms with van der Waals surface area (Å²) in [4.78, 5) is 0. The Morgan fingerprint density at radius 3 is 2.56 bits per heavy atom. The second-order valence-electron chi connectivity index (χ2n) is 4.33. The van der Waals surface area contributed by atoms with Crippen LogP contribution in [0.1, 0.15) is 0 Å². The quantitative estimate of drug-likeness (QED) is 0.610. The Hall–Kier alpha value is -2.42. The maximum Gasteiger partial charge on any atom is 0.230 e. The second kappa shape index (κ2) is 3.29. The van der Waals surface area contributed by atoms with Gasteiger partial charge in [-0.25, -0.2) is 0 Å². The summed E-state index contributed by atoms with van der Waals surface area (Å²) in [5.74, 6) is 1.80. The number of aromatic hydroxyl groups is 1. The molecule has 0 spiro atoms. The Morgan fingerprint density at radius 2 is 1.67 bits per heavy atom. The van der Waals surface area contributed by atoms with E-state index >= 15 is 0 Å². The van der Waals surface area contributed by atoms with Crippen molar-refractivity contribution < 1.29 is 14.6 Å². The highest BCUT2D eigenvalue weighted by molar-refractivity contribution is 6.15. The maximum absolute atomic E-state index is 9.97. The van der Waals surface area contributed by atoms with Gasteiger partial charge in [0.25, 0.3) is 0 Å². The van der Waals surface area contributed by atoms with Gasteiger partial charge in [-0.1, -0.05) is 18.2 Å². The molecule has 1 aliphatic rings. The summed E-state index contributed by atoms with van der Waals surface area (Å²) in [6, 6.07) is 13.2. The van der Waals surface area contributed by atoms with Crippen molar-refractivity contribution >= 4 is 21.5 Å². The zero-order valence-corrected chi connectivity index (χ0v) is 9.51. The molecule has 4 rings (SSSR count). The fourth-order valence-corrected chi connectivity index (χ4v) is 2.54. The van der Waals surface area contributed by atoms with Gasteiger partial charge in [0, 0.05) is 16.2 Å². The van der Waals surface area contributed by atoms with E-state index in [1.807, 2.05) is 30.3 Å². The number of phenolic OH excluding ortho intramolecular Hbond substituents is 1. The molecule has 0 fully saturated rings. The van der Waals surface area contributed by atoms with Crippen molar-refractivity contribution in [2.45, 2.75) is 0 Å². The first-order chi connectivity index (χ1) is 8.84. The van der Waals surface area contributed by atoms with E-state index in [2.05, 4.69) is 0 Å². The van der Waals surface area contributed by atoms with E-state index in [0.29, 0.717) is 0 Å². The van der Waals surface area contributed by atoms with Gasteiger partial charge < -0.3 is 14.6 Å². The van der Waals surface area contributed by atoms with Crippen LogP contribution in [0.3, 0.4) is 0 Å². The molecule has 88 valence electrons. The fourth-order valence-electron chi connectivity index (χ4n) is 2.54. The molecule has 0 bridgehead atoms. The minimum atomic E-state index is 0.188. The van der Waals surface area contributed by atoms with Crippen LogP contribution in [0.25, 0.3) is 21.5 Å². The molecule has 1 heterocycles. The van der Waals surface area contributed by atoms with E-state index < -0.39 is 0 Å². The number of benzene rings is 3. The summed E-state index contributed by atoms with van der Waals surface area (Å²) in [5, 5.41) is 13.8. The lowest BCUT2D eigenvalue weighted by molar-refractivity contribution is 0.125. The van der Waals surface area contributed by atoms with Gasteiger partial charge >= 0.3 is 0 Å². The van der Waals surface area contributed by atoms with Crippen LogP contribution in [0.4, 0.5) is 0 Å². The number of rotatable bonds is 0. The molecule has 3 aromatic rings. The maximum atomic E-state index is 9.97. The van der Waals surface area contributed by atoms with Gasteiger partial charge in [0.05, 0.1) is 0 Å². The van der Waals surface area contributed by atoms with Crippen molar-refractivity contribution in [3.8, 4) is 17.2 Å². The van der Waals surface area contributed by atoms with Crippen molar-refractivity contribution in [3.63, 3.8) is 0 Å². The van der Waals surface area contributed by atoms with E-state index in [-0.39, 0.29) is 12.5 Å². The van der Waals surface area contributed by atoms with Crippen LogP contribution < -0.4 is 9.47 Å². The van der Waals surface area contributed by atoms with Crippen molar-refractivity contribution in [1.82, 2.24) is 0 Å². The van der Waals surface area contributed by atoms with Gasteiger partial charge in [0.1, 0.15) is 17.2 Å². The van der Waals surface area contributed by atoms with Gasteiger partial charge in [0.2, 0.25) is 6.79 Å². The Kier molecular flexibility index (Phi) is 1.75. The largest absolute Gasteiger partial charge is 0.507 e. The molecular formula is C15H10O3. The lowest BCUT2D eigenvalue weighted by Gasteiger charge is -2.08. The first kappa shape index (κ1) is 9.59. The summed E-state index contributed by atoms with van der Waals surface area (Å²) >= 11 is 0. The molecule has 3 nitrogen and oxygen atoms in total. The highest BCUT2D eigenvalue weighted by Crippen LogP contribution is 2.42. The molecule has 1 N–H and O–H groups in total. The summed E-state index contributed by atoms with van der Waals surface area (Å²) in [7, 11) is 0. The van der Waals surface area contributed by atoms with Crippen molar-refractivity contribution in [2.24, 2.45) is 0 Å². The van der Waals surface area contributed by atoms with Crippen LogP contribution in [-0.2, 0) is 0 Å². The molecule has 3 aromatic carbocycles. The van der Waals surface area contributed by atoms with Crippen LogP contribution in [0.2, 0.25) is 0 Å². The van der Waals surface area contributed by atoms with Crippen molar-refractivity contribution in [2.75, 3.05) is 6.79 Å². The lowest BCUT2D eigenvalue weighted by atomic mass is 10.00. The normalized spacial score (nSPS) is 13.3. The van der Waals surface area contributed by atoms with E-state index in [4.69, 9.17) is 9.47 Å². The third kappa shape index (κ3) is 1.13. The van der Waals surface area contributed by atoms with Crippen LogP contribution >= 0.6 is 0 Å². The molecule has 0 radical (unpaired) electrons. The van der Waals surface area contributed by atoms with Gasteiger partial charge in [-0.2, -0.15) is 0 Å². The molecule has 0 aliphatic carbocycles. The monoisotopic (exact) mass is 238 g/mol. The summed E-state index contributed by atoms with van der Waals surface area (Å²) in [6.07, 6.45) is 0. The number of hydrogen-bond acceptors (Lipinski definition) is 3. The smallest absolute Gasteiger partial charge is 0.230 e. The minimum Gasteiger partial charge on any atom is -0.507 e. The molecule has 18 heavy (non-hydrogen) atoms. The lowest BCUT2D eigenvalue weighted by Crippen LogP contribution is -2.03. The third-order valence-corrected chi connectivity index (χ3v) is 3.35. The number of phenols is 1. The Bertz CT molecular complexity index is 777. The first-order valence-electron chi connectivity index (χ1n) is 5.77. The summed E-state index contributed by atoms with van der Waals surface area (Å²) in [6.45, 7) is 0.188. The molecule has 0 saturated heterocycles. The predicted molar refractivity (Wildman–Crippen MR) is 69.2 cm³/mol. The van der Waals surface area contributed by atoms with Gasteiger partial charge in [-0.15, -0.1) is 0 Å². The topological polar surface area (TPSA) is 38.7 Å². The average Bonchev–Trinajstić information content (AvgIpc) is 2.59. The Balaban J connectivity index is 2.35. The fraction of sp³-hybridized carbons (Fsp3) is 0.0667. The van der Waals surface area contributed by atoms with Crippen LogP contribution in [-0.4, -0.2) is 11.9 Å². The molecule has 3 heteroatoms. The van der Waals surface area contributed by atoms with E-state index in [1.54, 1.807) is 12.1 Å². The zero-order valence-electron chi connectivity index (χ0n) is 9.51. The standard InChI is InChI=1S/C15H10O3/c16-11-6-7-13-15-10(11)5-4-9-2-1-3-12(14(9)15)17-8-18-13/h1-7,16H,8H2. The first-order valence-corrected chi connectivity index (χ1v) is 5.77. The van der Waals surface area contributed by atoms with Crippen molar-refractivity contribution in [1.29, 1.82) is 0 Å². The third-order valence-electron chi connectivity index (χ3n) is 3.35. The second-order valence-corrected chi connectivity index (χ2v) is 4.33. The Labute approximate surface area is 103 Å². The highest BCUT2D eigenvalue weighted by Gasteiger charge is 2.16. The number of hydrogen-bond donors (Lipinski definition) is 1. The van der Waals surface area contributed by atoms with E-state index in [9.17, 15) is 5.11 Å². The van der Waals surface area contributed by atoms with Gasteiger partial charge in [-0.05, 0) is 29.7 Å². The molecule has 0 amide bonds. The molecular weight excluding hydrogens is 228 g/mol. The molecule has 0 aromatic heterocycles. The molecule has 0 atom stereocenters. The van der Waals surface area contributed by atoms with E-state index in [0.717, 1.165) is 33.0 Å². The minimum absolute atomic E-state index is 0.188.